The van der Waals surface area contributed by atoms with Crippen molar-refractivity contribution >= 4 is 46.0 Å². The SMILES string of the molecule is COc1ccc(N(C)C(=O)C(Cc2cc(F)cc(F)c2)NC(=O)Cn2c(=O)c(=O)n(CC(=O)N[C@@H](Cc3cc(F)cc(F)c3)C(=O)N(C)c3ccc(OC)cc3)c3ccccc32)cc1. The minimum atomic E-state index is -1.42. The summed E-state index contributed by atoms with van der Waals surface area (Å²) < 4.78 is 69.0. The summed E-state index contributed by atoms with van der Waals surface area (Å²) in [6, 6.07) is 21.1. The van der Waals surface area contributed by atoms with E-state index < -0.39 is 83.2 Å². The van der Waals surface area contributed by atoms with Crippen LogP contribution in [0.4, 0.5) is 28.9 Å². The maximum absolute atomic E-state index is 14.2. The van der Waals surface area contributed by atoms with Gasteiger partial charge >= 0.3 is 11.1 Å². The molecule has 0 aliphatic rings. The fourth-order valence-corrected chi connectivity index (χ4v) is 7.11. The number of carbonyl (C=O) groups excluding carboxylic acids is 4. The highest BCUT2D eigenvalue weighted by Crippen LogP contribution is 2.22. The number of fused-ring (bicyclic) bond motifs is 1. The Bertz CT molecular complexity index is 2600. The normalized spacial score (nSPS) is 11.9. The zero-order chi connectivity index (χ0) is 46.2. The molecule has 18 heteroatoms. The molecule has 4 amide bonds. The van der Waals surface area contributed by atoms with Crippen LogP contribution in [0, 0.1) is 23.3 Å². The number of nitrogens with zero attached hydrogens (tertiary/aromatic N) is 4. The molecule has 5 aromatic carbocycles. The number of hydrogen-bond donors (Lipinski definition) is 2. The van der Waals surface area contributed by atoms with Crippen LogP contribution in [-0.4, -0.2) is 73.2 Å². The number of aromatic nitrogens is 2. The van der Waals surface area contributed by atoms with Gasteiger partial charge in [0.2, 0.25) is 23.6 Å². The first kappa shape index (κ1) is 45.8. The predicted molar refractivity (Wildman–Crippen MR) is 229 cm³/mol. The van der Waals surface area contributed by atoms with Crippen molar-refractivity contribution in [3.63, 3.8) is 0 Å². The summed E-state index contributed by atoms with van der Waals surface area (Å²) in [4.78, 5) is 85.3. The molecule has 6 rings (SSSR count). The average Bonchev–Trinajstić information content (AvgIpc) is 3.27. The van der Waals surface area contributed by atoms with Gasteiger partial charge in [-0.2, -0.15) is 0 Å². The van der Waals surface area contributed by atoms with Gasteiger partial charge in [-0.05, 0) is 96.1 Å². The molecule has 6 aromatic rings. The molecule has 0 bridgehead atoms. The van der Waals surface area contributed by atoms with Gasteiger partial charge in [-0.25, -0.2) is 17.6 Å². The van der Waals surface area contributed by atoms with Crippen molar-refractivity contribution in [3.8, 4) is 11.5 Å². The van der Waals surface area contributed by atoms with Crippen molar-refractivity contribution in [3.05, 3.63) is 164 Å². The maximum Gasteiger partial charge on any atom is 0.317 e. The van der Waals surface area contributed by atoms with Gasteiger partial charge in [0, 0.05) is 50.4 Å². The first-order chi connectivity index (χ1) is 30.5. The molecule has 0 aliphatic heterocycles. The number of para-hydroxylation sites is 2. The second kappa shape index (κ2) is 20.0. The van der Waals surface area contributed by atoms with Gasteiger partial charge in [0.1, 0.15) is 59.9 Å². The summed E-state index contributed by atoms with van der Waals surface area (Å²) >= 11 is 0. The van der Waals surface area contributed by atoms with Crippen LogP contribution >= 0.6 is 0 Å². The lowest BCUT2D eigenvalue weighted by molar-refractivity contribution is -0.127. The highest BCUT2D eigenvalue weighted by Gasteiger charge is 2.29. The number of nitrogens with one attached hydrogen (secondary N) is 2. The third-order valence-corrected chi connectivity index (χ3v) is 10.3. The van der Waals surface area contributed by atoms with Crippen molar-refractivity contribution in [1.29, 1.82) is 0 Å². The Labute approximate surface area is 363 Å². The summed E-state index contributed by atoms with van der Waals surface area (Å²) in [5, 5.41) is 5.10. The van der Waals surface area contributed by atoms with Crippen molar-refractivity contribution < 1.29 is 46.2 Å². The van der Waals surface area contributed by atoms with Crippen LogP contribution in [0.2, 0.25) is 0 Å². The first-order valence-corrected chi connectivity index (χ1v) is 19.6. The van der Waals surface area contributed by atoms with Crippen LogP contribution in [-0.2, 0) is 45.1 Å². The van der Waals surface area contributed by atoms with Gasteiger partial charge in [0.05, 0.1) is 25.3 Å². The van der Waals surface area contributed by atoms with E-state index in [0.29, 0.717) is 35.0 Å². The molecule has 1 heterocycles. The molecule has 0 saturated heterocycles. The molecule has 14 nitrogen and oxygen atoms in total. The van der Waals surface area contributed by atoms with Crippen LogP contribution in [0.3, 0.4) is 0 Å². The molecule has 1 unspecified atom stereocenters. The van der Waals surface area contributed by atoms with Gasteiger partial charge in [0.25, 0.3) is 0 Å². The maximum atomic E-state index is 14.2. The molecule has 0 fully saturated rings. The molecule has 64 heavy (non-hydrogen) atoms. The molecule has 0 spiro atoms. The monoisotopic (exact) mass is 882 g/mol. The van der Waals surface area contributed by atoms with Crippen molar-refractivity contribution in [2.45, 2.75) is 38.0 Å². The van der Waals surface area contributed by atoms with E-state index in [4.69, 9.17) is 9.47 Å². The standard InChI is InChI=1S/C46H42F4N6O8/c1-53(33-9-13-35(63-3)14-10-33)43(59)37(21-27-17-29(47)23-30(48)18-27)51-41(57)25-55-39-7-5-6-8-40(39)56(46(62)45(55)61)26-42(58)52-38(22-28-19-31(49)24-32(50)20-28)44(60)54(2)34-11-15-36(64-4)16-12-34/h5-20,23-24,37-38H,21-22,25-26H2,1-4H3,(H,51,57)(H,52,58)/t37-,38?/m0/s1. The van der Waals surface area contributed by atoms with E-state index in [1.165, 1.54) is 62.4 Å². The molecule has 2 N–H and O–H groups in total. The Morgan fingerprint density at radius 1 is 0.547 bits per heavy atom. The number of ether oxygens (including phenoxy) is 2. The van der Waals surface area contributed by atoms with E-state index in [1.54, 1.807) is 48.5 Å². The molecular weight excluding hydrogens is 841 g/mol. The lowest BCUT2D eigenvalue weighted by Crippen LogP contribution is -2.52. The molecule has 2 atom stereocenters. The summed E-state index contributed by atoms with van der Waals surface area (Å²) in [6.07, 6.45) is -0.723. The number of amides is 4. The van der Waals surface area contributed by atoms with E-state index in [1.807, 2.05) is 0 Å². The fourth-order valence-electron chi connectivity index (χ4n) is 7.11. The van der Waals surface area contributed by atoms with Gasteiger partial charge in [-0.15, -0.1) is 0 Å². The number of carbonyl (C=O) groups is 4. The number of benzene rings is 5. The first-order valence-electron chi connectivity index (χ1n) is 19.6. The van der Waals surface area contributed by atoms with E-state index in [-0.39, 0.29) is 35.0 Å². The van der Waals surface area contributed by atoms with Crippen LogP contribution < -0.4 is 41.0 Å². The zero-order valence-electron chi connectivity index (χ0n) is 34.9. The Kier molecular flexibility index (Phi) is 14.3. The van der Waals surface area contributed by atoms with Crippen LogP contribution in [0.15, 0.2) is 119 Å². The zero-order valence-corrected chi connectivity index (χ0v) is 34.9. The smallest absolute Gasteiger partial charge is 0.317 e. The second-order valence-corrected chi connectivity index (χ2v) is 14.7. The Morgan fingerprint density at radius 2 is 0.875 bits per heavy atom. The van der Waals surface area contributed by atoms with E-state index in [9.17, 15) is 46.3 Å². The average molecular weight is 883 g/mol. The second-order valence-electron chi connectivity index (χ2n) is 14.7. The van der Waals surface area contributed by atoms with Crippen molar-refractivity contribution in [2.24, 2.45) is 0 Å². The number of halogens is 4. The number of hydrogen-bond acceptors (Lipinski definition) is 8. The summed E-state index contributed by atoms with van der Waals surface area (Å²) in [6.45, 7) is -1.60. The summed E-state index contributed by atoms with van der Waals surface area (Å²) in [5.74, 6) is -5.82. The number of methoxy groups -OCH3 is 2. The Hall–Kier alpha value is -7.76. The highest BCUT2D eigenvalue weighted by atomic mass is 19.1. The molecule has 1 aromatic heterocycles. The van der Waals surface area contributed by atoms with Crippen molar-refractivity contribution in [2.75, 3.05) is 38.1 Å². The topological polar surface area (TPSA) is 161 Å². The summed E-state index contributed by atoms with van der Waals surface area (Å²) in [7, 11) is 5.80. The third-order valence-electron chi connectivity index (χ3n) is 10.3. The third kappa shape index (κ3) is 10.8. The quantitative estimate of drug-likeness (QED) is 0.106. The summed E-state index contributed by atoms with van der Waals surface area (Å²) in [5.41, 5.74) is -1.51. The van der Waals surface area contributed by atoms with Crippen molar-refractivity contribution in [1.82, 2.24) is 19.8 Å². The Morgan fingerprint density at radius 3 is 1.19 bits per heavy atom. The number of anilines is 2. The van der Waals surface area contributed by atoms with Crippen LogP contribution in [0.5, 0.6) is 11.5 Å². The minimum Gasteiger partial charge on any atom is -0.497 e. The molecule has 0 radical (unpaired) electrons. The van der Waals surface area contributed by atoms with Gasteiger partial charge in [-0.1, -0.05) is 12.1 Å². The molecule has 0 saturated carbocycles. The Balaban J connectivity index is 1.27. The number of rotatable bonds is 16. The van der Waals surface area contributed by atoms with E-state index in [0.717, 1.165) is 33.4 Å². The fraction of sp³-hybridized carbons (Fsp3) is 0.217. The molecule has 0 aliphatic carbocycles. The van der Waals surface area contributed by atoms with Gasteiger partial charge in [0.15, 0.2) is 0 Å². The lowest BCUT2D eigenvalue weighted by atomic mass is 10.0. The minimum absolute atomic E-state index is 0.0302. The largest absolute Gasteiger partial charge is 0.497 e. The van der Waals surface area contributed by atoms with Crippen LogP contribution in [0.25, 0.3) is 11.0 Å². The number of likely N-dealkylation sites (N-methyl/N-ethyl adjacent to an activating group) is 2. The van der Waals surface area contributed by atoms with Gasteiger partial charge < -0.3 is 29.9 Å². The lowest BCUT2D eigenvalue weighted by Gasteiger charge is -2.26. The van der Waals surface area contributed by atoms with E-state index >= 15 is 0 Å². The highest BCUT2D eigenvalue weighted by molar-refractivity contribution is 6.00. The van der Waals surface area contributed by atoms with Gasteiger partial charge in [-0.3, -0.25) is 37.9 Å². The van der Waals surface area contributed by atoms with E-state index in [2.05, 4.69) is 10.6 Å². The van der Waals surface area contributed by atoms with Crippen LogP contribution in [0.1, 0.15) is 11.1 Å². The molecular formula is C46H42F4N6O8. The molecule has 332 valence electrons. The predicted octanol–water partition coefficient (Wildman–Crippen LogP) is 4.52.